The van der Waals surface area contributed by atoms with Gasteiger partial charge in [-0.15, -0.1) is 0 Å². The summed E-state index contributed by atoms with van der Waals surface area (Å²) >= 11 is 3.35. The number of methoxy groups -OCH3 is 1. The Morgan fingerprint density at radius 3 is 2.90 bits per heavy atom. The average molecular weight is 335 g/mol. The molecule has 0 aliphatic heterocycles. The summed E-state index contributed by atoms with van der Waals surface area (Å²) in [6.45, 7) is 0.537. The van der Waals surface area contributed by atoms with Gasteiger partial charge < -0.3 is 10.1 Å². The van der Waals surface area contributed by atoms with E-state index in [1.54, 1.807) is 25.4 Å². The highest BCUT2D eigenvalue weighted by atomic mass is 79.9. The predicted octanol–water partition coefficient (Wildman–Crippen LogP) is 2.83. The van der Waals surface area contributed by atoms with Crippen molar-refractivity contribution in [3.8, 4) is 5.75 Å². The van der Waals surface area contributed by atoms with Crippen LogP contribution in [0.25, 0.3) is 0 Å². The molecular formula is C15H15BrN2O2. The van der Waals surface area contributed by atoms with Gasteiger partial charge in [0.25, 0.3) is 5.91 Å². The van der Waals surface area contributed by atoms with Crippen molar-refractivity contribution in [2.45, 2.75) is 6.42 Å². The highest BCUT2D eigenvalue weighted by Crippen LogP contribution is 2.23. The lowest BCUT2D eigenvalue weighted by Crippen LogP contribution is -2.26. The number of hydrogen-bond donors (Lipinski definition) is 1. The molecule has 4 nitrogen and oxygen atoms in total. The Balaban J connectivity index is 1.95. The third-order valence-corrected chi connectivity index (χ3v) is 3.29. The molecule has 1 aromatic heterocycles. The topological polar surface area (TPSA) is 51.2 Å². The second kappa shape index (κ2) is 7.05. The number of ether oxygens (including phenoxy) is 1. The van der Waals surface area contributed by atoms with Crippen LogP contribution >= 0.6 is 15.9 Å². The lowest BCUT2D eigenvalue weighted by atomic mass is 10.2. The van der Waals surface area contributed by atoms with E-state index in [1.807, 2.05) is 24.3 Å². The fourth-order valence-electron chi connectivity index (χ4n) is 1.80. The van der Waals surface area contributed by atoms with E-state index >= 15 is 0 Å². The fourth-order valence-corrected chi connectivity index (χ4v) is 2.14. The molecule has 20 heavy (non-hydrogen) atoms. The van der Waals surface area contributed by atoms with Gasteiger partial charge in [0.15, 0.2) is 0 Å². The van der Waals surface area contributed by atoms with Crippen LogP contribution in [0.1, 0.15) is 16.1 Å². The third kappa shape index (κ3) is 3.81. The van der Waals surface area contributed by atoms with E-state index in [-0.39, 0.29) is 5.91 Å². The molecule has 0 atom stereocenters. The van der Waals surface area contributed by atoms with Crippen LogP contribution in [0.4, 0.5) is 0 Å². The molecule has 0 bridgehead atoms. The molecule has 0 saturated carbocycles. The Bertz CT molecular complexity index is 588. The number of carbonyl (C=O) groups excluding carboxylic acids is 1. The van der Waals surface area contributed by atoms with Crippen LogP contribution in [0.3, 0.4) is 0 Å². The minimum atomic E-state index is -0.148. The molecule has 2 aromatic rings. The number of rotatable bonds is 5. The van der Waals surface area contributed by atoms with Gasteiger partial charge >= 0.3 is 0 Å². The summed E-state index contributed by atoms with van der Waals surface area (Å²) in [5.41, 5.74) is 1.48. The van der Waals surface area contributed by atoms with Crippen molar-refractivity contribution in [3.63, 3.8) is 0 Å². The van der Waals surface area contributed by atoms with Crippen molar-refractivity contribution in [2.24, 2.45) is 0 Å². The van der Waals surface area contributed by atoms with Gasteiger partial charge in [-0.3, -0.25) is 9.78 Å². The quantitative estimate of drug-likeness (QED) is 0.914. The monoisotopic (exact) mass is 334 g/mol. The summed E-state index contributed by atoms with van der Waals surface area (Å²) in [7, 11) is 1.55. The van der Waals surface area contributed by atoms with Crippen molar-refractivity contribution in [1.29, 1.82) is 0 Å². The average Bonchev–Trinajstić information content (AvgIpc) is 2.48. The molecule has 0 aliphatic carbocycles. The molecular weight excluding hydrogens is 320 g/mol. The van der Waals surface area contributed by atoms with Crippen LogP contribution in [-0.2, 0) is 6.42 Å². The van der Waals surface area contributed by atoms with E-state index < -0.39 is 0 Å². The standard InChI is InChI=1S/C15H15BrN2O2/c1-20-14-10-11(16)5-6-13(14)15(19)18-9-7-12-4-2-3-8-17-12/h2-6,8,10H,7,9H2,1H3,(H,18,19). The number of carbonyl (C=O) groups is 1. The molecule has 0 radical (unpaired) electrons. The Hall–Kier alpha value is -1.88. The summed E-state index contributed by atoms with van der Waals surface area (Å²) in [6, 6.07) is 11.1. The Morgan fingerprint density at radius 1 is 1.35 bits per heavy atom. The molecule has 104 valence electrons. The molecule has 0 spiro atoms. The van der Waals surface area contributed by atoms with Crippen molar-refractivity contribution < 1.29 is 9.53 Å². The molecule has 1 amide bonds. The first-order chi connectivity index (χ1) is 9.70. The van der Waals surface area contributed by atoms with E-state index in [1.165, 1.54) is 0 Å². The number of benzene rings is 1. The molecule has 0 aliphatic rings. The second-order valence-electron chi connectivity index (χ2n) is 4.17. The maximum absolute atomic E-state index is 12.1. The van der Waals surface area contributed by atoms with Gasteiger partial charge in [-0.25, -0.2) is 0 Å². The number of nitrogens with one attached hydrogen (secondary N) is 1. The van der Waals surface area contributed by atoms with Crippen LogP contribution in [0.5, 0.6) is 5.75 Å². The van der Waals surface area contributed by atoms with Crippen molar-refractivity contribution in [2.75, 3.05) is 13.7 Å². The van der Waals surface area contributed by atoms with Crippen molar-refractivity contribution in [3.05, 3.63) is 58.3 Å². The minimum absolute atomic E-state index is 0.148. The van der Waals surface area contributed by atoms with Gasteiger partial charge in [0, 0.05) is 29.3 Å². The van der Waals surface area contributed by atoms with Crippen LogP contribution in [0, 0.1) is 0 Å². The molecule has 1 heterocycles. The summed E-state index contributed by atoms with van der Waals surface area (Å²) in [5, 5.41) is 2.87. The molecule has 1 aromatic carbocycles. The van der Waals surface area contributed by atoms with Crippen LogP contribution < -0.4 is 10.1 Å². The zero-order chi connectivity index (χ0) is 14.4. The maximum atomic E-state index is 12.1. The van der Waals surface area contributed by atoms with Crippen LogP contribution in [-0.4, -0.2) is 24.5 Å². The highest BCUT2D eigenvalue weighted by Gasteiger charge is 2.11. The Kier molecular flexibility index (Phi) is 5.12. The maximum Gasteiger partial charge on any atom is 0.255 e. The number of pyridine rings is 1. The van der Waals surface area contributed by atoms with E-state index in [0.29, 0.717) is 24.3 Å². The zero-order valence-corrected chi connectivity index (χ0v) is 12.7. The summed E-state index contributed by atoms with van der Waals surface area (Å²) in [4.78, 5) is 16.3. The SMILES string of the molecule is COc1cc(Br)ccc1C(=O)NCCc1ccccn1. The number of halogens is 1. The molecule has 1 N–H and O–H groups in total. The first kappa shape index (κ1) is 14.5. The summed E-state index contributed by atoms with van der Waals surface area (Å²) < 4.78 is 6.08. The summed E-state index contributed by atoms with van der Waals surface area (Å²) in [6.07, 6.45) is 2.44. The third-order valence-electron chi connectivity index (χ3n) is 2.80. The molecule has 0 fully saturated rings. The molecule has 5 heteroatoms. The van der Waals surface area contributed by atoms with Gasteiger partial charge in [-0.1, -0.05) is 22.0 Å². The number of aromatic nitrogens is 1. The van der Waals surface area contributed by atoms with E-state index in [4.69, 9.17) is 4.74 Å². The van der Waals surface area contributed by atoms with Gasteiger partial charge in [0.2, 0.25) is 0 Å². The van der Waals surface area contributed by atoms with E-state index in [0.717, 1.165) is 10.2 Å². The van der Waals surface area contributed by atoms with Crippen molar-refractivity contribution in [1.82, 2.24) is 10.3 Å². The fraction of sp³-hybridized carbons (Fsp3) is 0.200. The van der Waals surface area contributed by atoms with Crippen LogP contribution in [0.15, 0.2) is 47.1 Å². The minimum Gasteiger partial charge on any atom is -0.496 e. The Labute approximate surface area is 126 Å². The smallest absolute Gasteiger partial charge is 0.255 e. The second-order valence-corrected chi connectivity index (χ2v) is 5.09. The summed E-state index contributed by atoms with van der Waals surface area (Å²) in [5.74, 6) is 0.403. The zero-order valence-electron chi connectivity index (χ0n) is 11.1. The van der Waals surface area contributed by atoms with E-state index in [9.17, 15) is 4.79 Å². The van der Waals surface area contributed by atoms with Crippen molar-refractivity contribution >= 4 is 21.8 Å². The Morgan fingerprint density at radius 2 is 2.20 bits per heavy atom. The van der Waals surface area contributed by atoms with Gasteiger partial charge in [-0.05, 0) is 30.3 Å². The first-order valence-corrected chi connectivity index (χ1v) is 7.01. The predicted molar refractivity (Wildman–Crippen MR) is 81.0 cm³/mol. The van der Waals surface area contributed by atoms with Gasteiger partial charge in [-0.2, -0.15) is 0 Å². The highest BCUT2D eigenvalue weighted by molar-refractivity contribution is 9.10. The van der Waals surface area contributed by atoms with Gasteiger partial charge in [0.1, 0.15) is 5.75 Å². The normalized spacial score (nSPS) is 10.1. The first-order valence-electron chi connectivity index (χ1n) is 6.22. The number of nitrogens with zero attached hydrogens (tertiary/aromatic N) is 1. The van der Waals surface area contributed by atoms with Gasteiger partial charge in [0.05, 0.1) is 12.7 Å². The largest absolute Gasteiger partial charge is 0.496 e. The molecule has 0 unspecified atom stereocenters. The van der Waals surface area contributed by atoms with Crippen LogP contribution in [0.2, 0.25) is 0 Å². The lowest BCUT2D eigenvalue weighted by molar-refractivity contribution is 0.0951. The molecule has 2 rings (SSSR count). The number of hydrogen-bond acceptors (Lipinski definition) is 3. The van der Waals surface area contributed by atoms with E-state index in [2.05, 4.69) is 26.2 Å². The molecule has 0 saturated heterocycles. The lowest BCUT2D eigenvalue weighted by Gasteiger charge is -2.09. The number of amides is 1.